The number of rotatable bonds is 4. The standard InChI is InChI=1S/C25H35N5O4S/c1-15(2)18-14-35-22(28-18)21(32)27-17-10-7-5-3-4-6-9-16-13-25(16,24(26)34)29-20(31)19-11-8-12-30(19)23(17)33/h6,9,14-17,19H,3-5,7-8,10-13H2,1-2H3,(H2,26,34)(H,27,32)(H,29,31)/b9-6-/t16-,17+,19+,25-/m1/s1. The van der Waals surface area contributed by atoms with Crippen LogP contribution in [0.15, 0.2) is 17.5 Å². The van der Waals surface area contributed by atoms with Crippen molar-refractivity contribution < 1.29 is 19.2 Å². The Kier molecular flexibility index (Phi) is 7.59. The first-order valence-corrected chi connectivity index (χ1v) is 13.5. The second-order valence-corrected chi connectivity index (χ2v) is 11.0. The van der Waals surface area contributed by atoms with Crippen LogP contribution < -0.4 is 16.4 Å². The number of aromatic nitrogens is 1. The molecule has 2 aliphatic heterocycles. The maximum Gasteiger partial charge on any atom is 0.280 e. The van der Waals surface area contributed by atoms with Gasteiger partial charge in [-0.3, -0.25) is 19.2 Å². The number of hydrogen-bond donors (Lipinski definition) is 3. The molecule has 4 N–H and O–H groups in total. The predicted molar refractivity (Wildman–Crippen MR) is 133 cm³/mol. The smallest absolute Gasteiger partial charge is 0.280 e. The fourth-order valence-corrected chi connectivity index (χ4v) is 5.88. The van der Waals surface area contributed by atoms with Crippen LogP contribution in [-0.2, 0) is 14.4 Å². The highest BCUT2D eigenvalue weighted by molar-refractivity contribution is 7.11. The highest BCUT2D eigenvalue weighted by atomic mass is 32.1. The van der Waals surface area contributed by atoms with Gasteiger partial charge in [-0.15, -0.1) is 11.3 Å². The van der Waals surface area contributed by atoms with E-state index in [1.165, 1.54) is 11.3 Å². The van der Waals surface area contributed by atoms with E-state index in [2.05, 4.69) is 15.6 Å². The van der Waals surface area contributed by atoms with E-state index in [9.17, 15) is 19.2 Å². The van der Waals surface area contributed by atoms with Crippen LogP contribution in [0.3, 0.4) is 0 Å². The molecule has 4 atom stereocenters. The molecule has 3 heterocycles. The van der Waals surface area contributed by atoms with Gasteiger partial charge in [0.15, 0.2) is 5.01 Å². The number of carbonyl (C=O) groups excluding carboxylic acids is 4. The van der Waals surface area contributed by atoms with E-state index in [0.717, 1.165) is 31.4 Å². The number of nitrogens with zero attached hydrogens (tertiary/aromatic N) is 2. The summed E-state index contributed by atoms with van der Waals surface area (Å²) in [6.07, 6.45) is 9.66. The van der Waals surface area contributed by atoms with Crippen LogP contribution in [0.5, 0.6) is 0 Å². The van der Waals surface area contributed by atoms with Crippen LogP contribution in [0, 0.1) is 5.92 Å². The predicted octanol–water partition coefficient (Wildman–Crippen LogP) is 2.24. The van der Waals surface area contributed by atoms with Gasteiger partial charge in [0.25, 0.3) is 5.91 Å². The first-order valence-electron chi connectivity index (χ1n) is 12.6. The number of fused-ring (bicyclic) bond motifs is 2. The molecule has 1 saturated carbocycles. The summed E-state index contributed by atoms with van der Waals surface area (Å²) in [4.78, 5) is 58.0. The van der Waals surface area contributed by atoms with Gasteiger partial charge in [-0.25, -0.2) is 4.98 Å². The lowest BCUT2D eigenvalue weighted by Gasteiger charge is -2.29. The monoisotopic (exact) mass is 501 g/mol. The lowest BCUT2D eigenvalue weighted by Crippen LogP contribution is -2.57. The maximum absolute atomic E-state index is 13.6. The van der Waals surface area contributed by atoms with Crippen molar-refractivity contribution in [2.45, 2.75) is 88.8 Å². The highest BCUT2D eigenvalue weighted by Gasteiger charge is 2.59. The molecule has 1 aliphatic carbocycles. The van der Waals surface area contributed by atoms with E-state index in [1.54, 1.807) is 4.90 Å². The van der Waals surface area contributed by atoms with Crippen molar-refractivity contribution in [1.82, 2.24) is 20.5 Å². The van der Waals surface area contributed by atoms with Crippen LogP contribution in [-0.4, -0.2) is 57.7 Å². The van der Waals surface area contributed by atoms with Crippen LogP contribution in [0.1, 0.15) is 86.6 Å². The Bertz CT molecular complexity index is 1020. The third-order valence-electron chi connectivity index (χ3n) is 7.28. The minimum atomic E-state index is -1.07. The topological polar surface area (TPSA) is 134 Å². The SMILES string of the molecule is CC(C)c1csc(C(=O)N[C@H]2CCCCC/C=C\[C@@H]3C[C@@]3(C(N)=O)NC(=O)[C@@H]3CCCN3C2=O)n1. The normalized spacial score (nSPS) is 30.5. The number of hydrogen-bond acceptors (Lipinski definition) is 6. The highest BCUT2D eigenvalue weighted by Crippen LogP contribution is 2.45. The lowest BCUT2D eigenvalue weighted by atomic mass is 10.0. The Morgan fingerprint density at radius 3 is 2.74 bits per heavy atom. The fraction of sp³-hybridized carbons (Fsp3) is 0.640. The van der Waals surface area contributed by atoms with Crippen molar-refractivity contribution in [1.29, 1.82) is 0 Å². The first kappa shape index (κ1) is 25.3. The zero-order valence-electron chi connectivity index (χ0n) is 20.4. The Hall–Kier alpha value is -2.75. The van der Waals surface area contributed by atoms with Gasteiger partial charge in [-0.1, -0.05) is 38.8 Å². The van der Waals surface area contributed by atoms with Gasteiger partial charge in [0.2, 0.25) is 17.7 Å². The van der Waals surface area contributed by atoms with E-state index < -0.39 is 23.5 Å². The average molecular weight is 502 g/mol. The van der Waals surface area contributed by atoms with Crippen LogP contribution in [0.2, 0.25) is 0 Å². The van der Waals surface area contributed by atoms with Crippen molar-refractivity contribution >= 4 is 35.0 Å². The van der Waals surface area contributed by atoms with Gasteiger partial charge < -0.3 is 21.3 Å². The number of carbonyl (C=O) groups is 4. The zero-order chi connectivity index (χ0) is 25.2. The summed E-state index contributed by atoms with van der Waals surface area (Å²) in [5.41, 5.74) is 5.44. The minimum absolute atomic E-state index is 0.110. The van der Waals surface area contributed by atoms with Gasteiger partial charge in [0.05, 0.1) is 5.69 Å². The Balaban J connectivity index is 1.53. The number of nitrogens with two attached hydrogens (primary N) is 1. The molecule has 1 aromatic heterocycles. The van der Waals surface area contributed by atoms with Gasteiger partial charge in [-0.2, -0.15) is 0 Å². The lowest BCUT2D eigenvalue weighted by molar-refractivity contribution is -0.141. The van der Waals surface area contributed by atoms with Crippen molar-refractivity contribution in [2.75, 3.05) is 6.54 Å². The molecule has 10 heteroatoms. The first-order chi connectivity index (χ1) is 16.7. The van der Waals surface area contributed by atoms with Crippen molar-refractivity contribution in [3.63, 3.8) is 0 Å². The molecular formula is C25H35N5O4S. The second kappa shape index (κ2) is 10.5. The van der Waals surface area contributed by atoms with Gasteiger partial charge in [-0.05, 0) is 44.4 Å². The summed E-state index contributed by atoms with van der Waals surface area (Å²) in [5.74, 6) is -1.43. The van der Waals surface area contributed by atoms with Crippen molar-refractivity contribution in [3.05, 3.63) is 28.2 Å². The molecule has 35 heavy (non-hydrogen) atoms. The fourth-order valence-electron chi connectivity index (χ4n) is 5.00. The largest absolute Gasteiger partial charge is 0.368 e. The van der Waals surface area contributed by atoms with E-state index >= 15 is 0 Å². The number of nitrogens with one attached hydrogen (secondary N) is 2. The molecule has 0 bridgehead atoms. The summed E-state index contributed by atoms with van der Waals surface area (Å²) in [6.45, 7) is 4.46. The molecule has 1 saturated heterocycles. The van der Waals surface area contributed by atoms with Gasteiger partial charge in [0.1, 0.15) is 17.6 Å². The van der Waals surface area contributed by atoms with Crippen LogP contribution in [0.4, 0.5) is 0 Å². The quantitative estimate of drug-likeness (QED) is 0.544. The summed E-state index contributed by atoms with van der Waals surface area (Å²) >= 11 is 1.27. The second-order valence-electron chi connectivity index (χ2n) is 10.1. The van der Waals surface area contributed by atoms with E-state index in [1.807, 2.05) is 31.4 Å². The van der Waals surface area contributed by atoms with Gasteiger partial charge >= 0.3 is 0 Å². The molecule has 9 nitrogen and oxygen atoms in total. The Morgan fingerprint density at radius 1 is 1.23 bits per heavy atom. The average Bonchev–Trinajstić information content (AvgIpc) is 3.19. The molecule has 2 fully saturated rings. The summed E-state index contributed by atoms with van der Waals surface area (Å²) in [5, 5.41) is 7.97. The molecule has 4 amide bonds. The number of thiazole rings is 1. The molecule has 3 aliphatic rings. The van der Waals surface area contributed by atoms with E-state index in [0.29, 0.717) is 37.2 Å². The molecular weight excluding hydrogens is 466 g/mol. The third-order valence-corrected chi connectivity index (χ3v) is 8.14. The summed E-state index contributed by atoms with van der Waals surface area (Å²) in [6, 6.07) is -1.41. The molecule has 0 unspecified atom stereocenters. The minimum Gasteiger partial charge on any atom is -0.368 e. The van der Waals surface area contributed by atoms with Crippen LogP contribution >= 0.6 is 11.3 Å². The Labute approximate surface area is 209 Å². The summed E-state index contributed by atoms with van der Waals surface area (Å²) < 4.78 is 0. The number of allylic oxidation sites excluding steroid dienone is 1. The van der Waals surface area contributed by atoms with Crippen LogP contribution in [0.25, 0.3) is 0 Å². The van der Waals surface area contributed by atoms with Crippen molar-refractivity contribution in [2.24, 2.45) is 11.7 Å². The Morgan fingerprint density at radius 2 is 2.03 bits per heavy atom. The molecule has 0 spiro atoms. The number of primary amides is 1. The molecule has 1 aromatic rings. The maximum atomic E-state index is 13.6. The third kappa shape index (κ3) is 5.42. The molecule has 0 aromatic carbocycles. The molecule has 4 rings (SSSR count). The van der Waals surface area contributed by atoms with Gasteiger partial charge in [0, 0.05) is 17.8 Å². The summed E-state index contributed by atoms with van der Waals surface area (Å²) in [7, 11) is 0. The molecule has 0 radical (unpaired) electrons. The van der Waals surface area contributed by atoms with E-state index in [4.69, 9.17) is 5.73 Å². The molecule has 190 valence electrons. The van der Waals surface area contributed by atoms with Crippen molar-refractivity contribution in [3.8, 4) is 0 Å². The van der Waals surface area contributed by atoms with E-state index in [-0.39, 0.29) is 29.6 Å². The zero-order valence-corrected chi connectivity index (χ0v) is 21.2. The number of amides is 4.